The third-order valence-electron chi connectivity index (χ3n) is 5.88. The Morgan fingerprint density at radius 2 is 1.61 bits per heavy atom. The van der Waals surface area contributed by atoms with E-state index in [-0.39, 0.29) is 12.2 Å². The Kier molecular flexibility index (Phi) is 6.60. The third kappa shape index (κ3) is 5.87. The van der Waals surface area contributed by atoms with E-state index in [9.17, 15) is 18.4 Å². The van der Waals surface area contributed by atoms with E-state index in [1.807, 2.05) is 24.3 Å². The molecule has 1 saturated carbocycles. The first-order valence-electron chi connectivity index (χ1n) is 11.0. The second-order valence-corrected chi connectivity index (χ2v) is 8.29. The molecular formula is C27H24F3NO2. The van der Waals surface area contributed by atoms with Gasteiger partial charge in [0.1, 0.15) is 17.2 Å². The lowest BCUT2D eigenvalue weighted by molar-refractivity contribution is -0.274. The quantitative estimate of drug-likeness (QED) is 0.348. The minimum absolute atomic E-state index is 0.187. The van der Waals surface area contributed by atoms with Crippen molar-refractivity contribution < 1.29 is 22.6 Å². The molecule has 3 aromatic rings. The number of nitriles is 1. The third-order valence-corrected chi connectivity index (χ3v) is 5.88. The summed E-state index contributed by atoms with van der Waals surface area (Å²) in [6.45, 7) is 2.21. The molecule has 1 aliphatic carbocycles. The van der Waals surface area contributed by atoms with Crippen molar-refractivity contribution in [2.45, 2.75) is 44.9 Å². The van der Waals surface area contributed by atoms with Gasteiger partial charge in [0.05, 0.1) is 12.5 Å². The van der Waals surface area contributed by atoms with Gasteiger partial charge in [0.25, 0.3) is 0 Å². The summed E-state index contributed by atoms with van der Waals surface area (Å²) >= 11 is 0. The first-order valence-corrected chi connectivity index (χ1v) is 11.0. The molecule has 4 rings (SSSR count). The van der Waals surface area contributed by atoms with Gasteiger partial charge in [0.2, 0.25) is 0 Å². The number of halogens is 3. The monoisotopic (exact) mass is 451 g/mol. The number of nitrogens with zero attached hydrogens (tertiary/aromatic N) is 1. The normalized spacial score (nSPS) is 17.3. The molecule has 2 atom stereocenters. The lowest BCUT2D eigenvalue weighted by Crippen LogP contribution is -2.16. The van der Waals surface area contributed by atoms with Crippen molar-refractivity contribution in [1.29, 1.82) is 5.26 Å². The van der Waals surface area contributed by atoms with E-state index in [1.165, 1.54) is 37.0 Å². The van der Waals surface area contributed by atoms with Crippen LogP contribution in [-0.4, -0.2) is 6.36 Å². The Bertz CT molecular complexity index is 1130. The molecule has 6 heteroatoms. The van der Waals surface area contributed by atoms with Gasteiger partial charge in [-0.1, -0.05) is 56.2 Å². The van der Waals surface area contributed by atoms with E-state index in [0.717, 1.165) is 17.0 Å². The first kappa shape index (κ1) is 22.7. The Hall–Kier alpha value is -3.46. The van der Waals surface area contributed by atoms with Crippen molar-refractivity contribution in [3.8, 4) is 34.4 Å². The summed E-state index contributed by atoms with van der Waals surface area (Å²) in [5.41, 5.74) is 3.55. The summed E-state index contributed by atoms with van der Waals surface area (Å²) in [6.07, 6.45) is -0.829. The maximum Gasteiger partial charge on any atom is 0.573 e. The zero-order chi connectivity index (χ0) is 23.4. The number of hydrogen-bond donors (Lipinski definition) is 0. The highest BCUT2D eigenvalue weighted by molar-refractivity contribution is 5.67. The van der Waals surface area contributed by atoms with Crippen molar-refractivity contribution in [1.82, 2.24) is 0 Å². The van der Waals surface area contributed by atoms with Crippen molar-refractivity contribution in [3.05, 3.63) is 77.9 Å². The topological polar surface area (TPSA) is 42.2 Å². The van der Waals surface area contributed by atoms with Crippen LogP contribution in [-0.2, 0) is 6.42 Å². The molecule has 0 spiro atoms. The average Bonchev–Trinajstić information content (AvgIpc) is 3.55. The summed E-state index contributed by atoms with van der Waals surface area (Å²) in [7, 11) is 0. The SMILES string of the molecule is CCCC1CC1c1ccc(Oc2cc(-c3ccc(OC(F)(F)F)cc3)ccc2CC#N)cc1. The molecule has 2 unspecified atom stereocenters. The molecule has 0 heterocycles. The summed E-state index contributed by atoms with van der Waals surface area (Å²) in [4.78, 5) is 0. The average molecular weight is 451 g/mol. The lowest BCUT2D eigenvalue weighted by Gasteiger charge is -2.13. The fraction of sp³-hybridized carbons (Fsp3) is 0.296. The molecule has 0 aromatic heterocycles. The molecule has 0 amide bonds. The highest BCUT2D eigenvalue weighted by Gasteiger charge is 2.37. The number of alkyl halides is 3. The zero-order valence-corrected chi connectivity index (χ0v) is 18.2. The molecule has 0 saturated heterocycles. The standard InChI is InChI=1S/C27H24F3NO2/c1-2-3-22-16-25(22)19-8-10-23(11-9-19)32-26-17-21(5-4-20(26)14-15-31)18-6-12-24(13-7-18)33-27(28,29)30/h4-13,17,22,25H,2-3,14,16H2,1H3. The van der Waals surface area contributed by atoms with Crippen molar-refractivity contribution in [2.75, 3.05) is 0 Å². The smallest absolute Gasteiger partial charge is 0.457 e. The summed E-state index contributed by atoms with van der Waals surface area (Å²) in [6, 6.07) is 21.3. The van der Waals surface area contributed by atoms with Gasteiger partial charge >= 0.3 is 6.36 Å². The first-order chi connectivity index (χ1) is 15.9. The van der Waals surface area contributed by atoms with Gasteiger partial charge < -0.3 is 9.47 Å². The highest BCUT2D eigenvalue weighted by Crippen LogP contribution is 2.50. The van der Waals surface area contributed by atoms with Crippen molar-refractivity contribution in [2.24, 2.45) is 5.92 Å². The van der Waals surface area contributed by atoms with Crippen LogP contribution in [0.4, 0.5) is 13.2 Å². The molecule has 3 aromatic carbocycles. The molecule has 1 aliphatic rings. The van der Waals surface area contributed by atoms with E-state index in [2.05, 4.69) is 29.9 Å². The number of hydrogen-bond acceptors (Lipinski definition) is 3. The Morgan fingerprint density at radius 3 is 2.24 bits per heavy atom. The summed E-state index contributed by atoms with van der Waals surface area (Å²) < 4.78 is 47.3. The van der Waals surface area contributed by atoms with E-state index in [1.54, 1.807) is 18.2 Å². The van der Waals surface area contributed by atoms with E-state index in [0.29, 0.717) is 23.0 Å². The Balaban J connectivity index is 1.53. The van der Waals surface area contributed by atoms with E-state index in [4.69, 9.17) is 4.74 Å². The highest BCUT2D eigenvalue weighted by atomic mass is 19.4. The second kappa shape index (κ2) is 9.58. The van der Waals surface area contributed by atoms with Gasteiger partial charge in [-0.25, -0.2) is 0 Å². The fourth-order valence-electron chi connectivity index (χ4n) is 4.17. The molecule has 0 radical (unpaired) electrons. The fourth-order valence-corrected chi connectivity index (χ4v) is 4.17. The molecule has 1 fully saturated rings. The van der Waals surface area contributed by atoms with Gasteiger partial charge in [0.15, 0.2) is 0 Å². The van der Waals surface area contributed by atoms with Gasteiger partial charge in [-0.05, 0) is 65.3 Å². The van der Waals surface area contributed by atoms with Crippen LogP contribution in [0.5, 0.6) is 17.2 Å². The lowest BCUT2D eigenvalue weighted by atomic mass is 10.0. The Morgan fingerprint density at radius 1 is 0.939 bits per heavy atom. The summed E-state index contributed by atoms with van der Waals surface area (Å²) in [5, 5.41) is 9.18. The largest absolute Gasteiger partial charge is 0.573 e. The maximum atomic E-state index is 12.4. The van der Waals surface area contributed by atoms with Crippen LogP contribution in [0.1, 0.15) is 43.2 Å². The van der Waals surface area contributed by atoms with Gasteiger partial charge in [-0.2, -0.15) is 5.26 Å². The zero-order valence-electron chi connectivity index (χ0n) is 18.2. The number of ether oxygens (including phenoxy) is 2. The molecule has 0 N–H and O–H groups in total. The maximum absolute atomic E-state index is 12.4. The van der Waals surface area contributed by atoms with Crippen LogP contribution in [0.3, 0.4) is 0 Å². The second-order valence-electron chi connectivity index (χ2n) is 8.29. The van der Waals surface area contributed by atoms with Gasteiger partial charge in [-0.15, -0.1) is 13.2 Å². The minimum Gasteiger partial charge on any atom is -0.457 e. The van der Waals surface area contributed by atoms with Gasteiger partial charge in [0, 0.05) is 5.56 Å². The van der Waals surface area contributed by atoms with Crippen LogP contribution in [0.2, 0.25) is 0 Å². The van der Waals surface area contributed by atoms with Crippen LogP contribution in [0.25, 0.3) is 11.1 Å². The van der Waals surface area contributed by atoms with E-state index < -0.39 is 6.36 Å². The van der Waals surface area contributed by atoms with E-state index >= 15 is 0 Å². The molecule has 33 heavy (non-hydrogen) atoms. The number of benzene rings is 3. The van der Waals surface area contributed by atoms with Crippen LogP contribution < -0.4 is 9.47 Å². The Labute approximate surface area is 191 Å². The predicted molar refractivity (Wildman–Crippen MR) is 120 cm³/mol. The molecule has 170 valence electrons. The number of rotatable bonds is 8. The van der Waals surface area contributed by atoms with Crippen LogP contribution in [0.15, 0.2) is 66.7 Å². The molecule has 0 aliphatic heterocycles. The molecular weight excluding hydrogens is 427 g/mol. The van der Waals surface area contributed by atoms with Gasteiger partial charge in [-0.3, -0.25) is 0 Å². The molecule has 3 nitrogen and oxygen atoms in total. The molecule has 0 bridgehead atoms. The summed E-state index contributed by atoms with van der Waals surface area (Å²) in [5.74, 6) is 2.37. The van der Waals surface area contributed by atoms with Crippen molar-refractivity contribution >= 4 is 0 Å². The van der Waals surface area contributed by atoms with Crippen LogP contribution >= 0.6 is 0 Å². The van der Waals surface area contributed by atoms with Crippen LogP contribution in [0, 0.1) is 17.2 Å². The predicted octanol–water partition coefficient (Wildman–Crippen LogP) is 8.01. The van der Waals surface area contributed by atoms with Crippen molar-refractivity contribution in [3.63, 3.8) is 0 Å². The minimum atomic E-state index is -4.73.